The molecule has 1 N–H and O–H groups in total. The van der Waals surface area contributed by atoms with Crippen LogP contribution in [-0.2, 0) is 11.8 Å². The lowest BCUT2D eigenvalue weighted by Gasteiger charge is -2.35. The van der Waals surface area contributed by atoms with Crippen LogP contribution < -0.4 is 0 Å². The number of hydrogen-bond acceptors (Lipinski definition) is 2. The number of benzene rings is 1. The number of rotatable bonds is 3. The summed E-state index contributed by atoms with van der Waals surface area (Å²) in [6.45, 7) is 10.5. The Morgan fingerprint density at radius 1 is 1.12 bits per heavy atom. The summed E-state index contributed by atoms with van der Waals surface area (Å²) in [6, 6.07) is 6.64. The summed E-state index contributed by atoms with van der Waals surface area (Å²) in [4.78, 5) is 5.06. The van der Waals surface area contributed by atoms with Gasteiger partial charge in [-0.2, -0.15) is 0 Å². The number of hydrogen-bond donors (Lipinski definition) is 1. The molecule has 1 aromatic heterocycles. The van der Waals surface area contributed by atoms with Crippen LogP contribution in [0.5, 0.6) is 0 Å². The normalized spacial score (nSPS) is 17.4. The zero-order chi connectivity index (χ0) is 18.4. The Balaban J connectivity index is 2.40. The lowest BCUT2D eigenvalue weighted by atomic mass is 9.72. The van der Waals surface area contributed by atoms with Crippen LogP contribution in [0.25, 0.3) is 11.1 Å². The molecule has 1 unspecified atom stereocenters. The van der Waals surface area contributed by atoms with Crippen molar-refractivity contribution < 1.29 is 9.50 Å². The molecule has 2 aromatic rings. The smallest absolute Gasteiger partial charge is 0.123 e. The molecule has 1 aliphatic carbocycles. The van der Waals surface area contributed by atoms with Crippen molar-refractivity contribution in [1.82, 2.24) is 4.98 Å². The van der Waals surface area contributed by atoms with Crippen molar-refractivity contribution in [1.29, 1.82) is 0 Å². The Morgan fingerprint density at radius 3 is 2.32 bits per heavy atom. The molecular formula is C22H28FNO. The van der Waals surface area contributed by atoms with E-state index in [9.17, 15) is 9.50 Å². The van der Waals surface area contributed by atoms with Gasteiger partial charge in [0, 0.05) is 16.7 Å². The van der Waals surface area contributed by atoms with Gasteiger partial charge in [-0.05, 0) is 60.9 Å². The molecule has 0 aliphatic heterocycles. The number of halogens is 1. The molecule has 1 heterocycles. The highest BCUT2D eigenvalue weighted by Gasteiger charge is 2.34. The number of fused-ring (bicyclic) bond motifs is 1. The predicted octanol–water partition coefficient (Wildman–Crippen LogP) is 5.68. The molecule has 1 aliphatic rings. The van der Waals surface area contributed by atoms with Crippen LogP contribution >= 0.6 is 0 Å². The molecule has 0 spiro atoms. The fourth-order valence-corrected chi connectivity index (χ4v) is 4.10. The van der Waals surface area contributed by atoms with Gasteiger partial charge in [0.05, 0.1) is 11.8 Å². The highest BCUT2D eigenvalue weighted by atomic mass is 19.1. The van der Waals surface area contributed by atoms with Gasteiger partial charge >= 0.3 is 0 Å². The molecule has 0 saturated heterocycles. The van der Waals surface area contributed by atoms with Crippen LogP contribution in [0.3, 0.4) is 0 Å². The van der Waals surface area contributed by atoms with E-state index in [4.69, 9.17) is 4.98 Å². The number of nitrogens with zero attached hydrogens (tertiary/aromatic N) is 1. The molecule has 0 amide bonds. The van der Waals surface area contributed by atoms with Crippen LogP contribution in [0, 0.1) is 5.82 Å². The number of pyridine rings is 1. The van der Waals surface area contributed by atoms with Crippen LogP contribution in [-0.4, -0.2) is 10.1 Å². The van der Waals surface area contributed by atoms with Gasteiger partial charge in [0.1, 0.15) is 5.82 Å². The zero-order valence-corrected chi connectivity index (χ0v) is 15.9. The number of aliphatic hydroxyl groups excluding tert-OH is 1. The SMILES string of the molecule is CC(C)c1nc2c(c(-c3ccc(F)cc3)c1C(C)O)CCCC2(C)C. The molecule has 0 radical (unpaired) electrons. The highest BCUT2D eigenvalue weighted by Crippen LogP contribution is 2.44. The van der Waals surface area contributed by atoms with E-state index in [2.05, 4.69) is 27.7 Å². The Bertz CT molecular complexity index is 776. The van der Waals surface area contributed by atoms with E-state index in [1.807, 2.05) is 12.1 Å². The van der Waals surface area contributed by atoms with Crippen molar-refractivity contribution >= 4 is 0 Å². The molecule has 3 rings (SSSR count). The molecule has 25 heavy (non-hydrogen) atoms. The third kappa shape index (κ3) is 3.22. The van der Waals surface area contributed by atoms with Crippen molar-refractivity contribution in [2.75, 3.05) is 0 Å². The summed E-state index contributed by atoms with van der Waals surface area (Å²) in [7, 11) is 0. The molecule has 1 atom stereocenters. The van der Waals surface area contributed by atoms with Gasteiger partial charge in [-0.25, -0.2) is 4.39 Å². The monoisotopic (exact) mass is 341 g/mol. The molecule has 0 fully saturated rings. The fraction of sp³-hybridized carbons (Fsp3) is 0.500. The van der Waals surface area contributed by atoms with Crippen LogP contribution in [0.1, 0.15) is 82.0 Å². The Morgan fingerprint density at radius 2 is 1.76 bits per heavy atom. The largest absolute Gasteiger partial charge is 0.389 e. The lowest BCUT2D eigenvalue weighted by Crippen LogP contribution is -2.28. The van der Waals surface area contributed by atoms with E-state index in [-0.39, 0.29) is 17.2 Å². The summed E-state index contributed by atoms with van der Waals surface area (Å²) < 4.78 is 13.5. The van der Waals surface area contributed by atoms with Crippen molar-refractivity contribution in [2.45, 2.75) is 71.3 Å². The maximum atomic E-state index is 13.5. The van der Waals surface area contributed by atoms with E-state index in [1.54, 1.807) is 6.92 Å². The average molecular weight is 341 g/mol. The summed E-state index contributed by atoms with van der Waals surface area (Å²) in [5.74, 6) is -0.0264. The Labute approximate surface area is 150 Å². The Kier molecular flexibility index (Phi) is 4.72. The van der Waals surface area contributed by atoms with Gasteiger partial charge in [-0.15, -0.1) is 0 Å². The first-order chi connectivity index (χ1) is 11.7. The molecule has 0 saturated carbocycles. The third-order valence-corrected chi connectivity index (χ3v) is 5.33. The lowest BCUT2D eigenvalue weighted by molar-refractivity contribution is 0.197. The molecule has 3 heteroatoms. The van der Waals surface area contributed by atoms with Gasteiger partial charge in [0.15, 0.2) is 0 Å². The van der Waals surface area contributed by atoms with Crippen molar-refractivity contribution in [3.63, 3.8) is 0 Å². The zero-order valence-electron chi connectivity index (χ0n) is 15.9. The minimum atomic E-state index is -0.611. The number of aromatic nitrogens is 1. The second-order valence-corrected chi connectivity index (χ2v) is 8.19. The van der Waals surface area contributed by atoms with Crippen molar-refractivity contribution in [3.05, 3.63) is 52.6 Å². The molecule has 134 valence electrons. The minimum Gasteiger partial charge on any atom is -0.389 e. The molecule has 2 nitrogen and oxygen atoms in total. The molecular weight excluding hydrogens is 313 g/mol. The maximum absolute atomic E-state index is 13.5. The van der Waals surface area contributed by atoms with Crippen molar-refractivity contribution in [3.8, 4) is 11.1 Å². The summed E-state index contributed by atoms with van der Waals surface area (Å²) in [5.41, 5.74) is 6.28. The average Bonchev–Trinajstić information content (AvgIpc) is 2.53. The van der Waals surface area contributed by atoms with Gasteiger partial charge in [0.25, 0.3) is 0 Å². The molecule has 1 aromatic carbocycles. The second kappa shape index (κ2) is 6.53. The molecule has 0 bridgehead atoms. The summed E-state index contributed by atoms with van der Waals surface area (Å²) in [6.07, 6.45) is 2.56. The van der Waals surface area contributed by atoms with Crippen LogP contribution in [0.2, 0.25) is 0 Å². The summed E-state index contributed by atoms with van der Waals surface area (Å²) >= 11 is 0. The summed E-state index contributed by atoms with van der Waals surface area (Å²) in [5, 5.41) is 10.6. The van der Waals surface area contributed by atoms with E-state index in [0.29, 0.717) is 0 Å². The van der Waals surface area contributed by atoms with Gasteiger partial charge in [0.2, 0.25) is 0 Å². The van der Waals surface area contributed by atoms with E-state index < -0.39 is 6.10 Å². The topological polar surface area (TPSA) is 33.1 Å². The minimum absolute atomic E-state index is 0.0171. The first-order valence-corrected chi connectivity index (χ1v) is 9.23. The Hall–Kier alpha value is -1.74. The first kappa shape index (κ1) is 18.1. The van der Waals surface area contributed by atoms with Gasteiger partial charge in [-0.1, -0.05) is 39.8 Å². The fourth-order valence-electron chi connectivity index (χ4n) is 4.10. The third-order valence-electron chi connectivity index (χ3n) is 5.33. The number of aliphatic hydroxyl groups is 1. The first-order valence-electron chi connectivity index (χ1n) is 9.23. The van der Waals surface area contributed by atoms with Crippen LogP contribution in [0.15, 0.2) is 24.3 Å². The van der Waals surface area contributed by atoms with E-state index in [1.165, 1.54) is 17.7 Å². The van der Waals surface area contributed by atoms with Crippen LogP contribution in [0.4, 0.5) is 4.39 Å². The van der Waals surface area contributed by atoms with Gasteiger partial charge < -0.3 is 5.11 Å². The highest BCUT2D eigenvalue weighted by molar-refractivity contribution is 5.74. The maximum Gasteiger partial charge on any atom is 0.123 e. The van der Waals surface area contributed by atoms with E-state index >= 15 is 0 Å². The van der Waals surface area contributed by atoms with Gasteiger partial charge in [-0.3, -0.25) is 4.98 Å². The second-order valence-electron chi connectivity index (χ2n) is 8.19. The standard InChI is InChI=1S/C22H28FNO/c1-13(2)20-18(14(3)25)19(15-8-10-16(23)11-9-15)17-7-6-12-22(4,5)21(17)24-20/h8-11,13-14,25H,6-7,12H2,1-5H3. The predicted molar refractivity (Wildman–Crippen MR) is 100 cm³/mol. The van der Waals surface area contributed by atoms with Crippen molar-refractivity contribution in [2.24, 2.45) is 0 Å². The quantitative estimate of drug-likeness (QED) is 0.779. The van der Waals surface area contributed by atoms with E-state index in [0.717, 1.165) is 47.3 Å².